The van der Waals surface area contributed by atoms with Crippen LogP contribution >= 0.6 is 11.8 Å². The van der Waals surface area contributed by atoms with Crippen LogP contribution in [0.2, 0.25) is 0 Å². The molecular weight excluding hydrogens is 246 g/mol. The maximum atomic E-state index is 12.1. The van der Waals surface area contributed by atoms with Gasteiger partial charge in [-0.25, -0.2) is 0 Å². The Morgan fingerprint density at radius 3 is 2.17 bits per heavy atom. The number of hydrogen-bond acceptors (Lipinski definition) is 3. The minimum Gasteiger partial charge on any atom is -0.369 e. The van der Waals surface area contributed by atoms with E-state index >= 15 is 0 Å². The fourth-order valence-corrected chi connectivity index (χ4v) is 2.40. The van der Waals surface area contributed by atoms with E-state index < -0.39 is 0 Å². The van der Waals surface area contributed by atoms with Crippen molar-refractivity contribution in [2.75, 3.05) is 5.75 Å². The molecule has 0 heterocycles. The van der Waals surface area contributed by atoms with Gasteiger partial charge >= 0.3 is 0 Å². The molecule has 0 fully saturated rings. The molecule has 0 aliphatic carbocycles. The highest BCUT2D eigenvalue weighted by molar-refractivity contribution is 8.00. The second-order valence-corrected chi connectivity index (χ2v) is 5.21. The second kappa shape index (κ2) is 7.21. The number of ketones is 1. The molecule has 0 unspecified atom stereocenters. The largest absolute Gasteiger partial charge is 0.369 e. The van der Waals surface area contributed by atoms with Crippen LogP contribution in [0.3, 0.4) is 0 Å². The molecule has 4 heteroatoms. The Bertz CT molecular complexity index is 410. The number of thioether (sulfide) groups is 1. The predicted molar refractivity (Wildman–Crippen MR) is 74.8 cm³/mol. The zero-order valence-corrected chi connectivity index (χ0v) is 11.6. The molecule has 0 bridgehead atoms. The molecule has 0 radical (unpaired) electrons. The quantitative estimate of drug-likeness (QED) is 0.609. The zero-order valence-electron chi connectivity index (χ0n) is 10.8. The lowest BCUT2D eigenvalue weighted by molar-refractivity contribution is -0.115. The summed E-state index contributed by atoms with van der Waals surface area (Å²) in [6, 6.07) is 7.38. The Morgan fingerprint density at radius 1 is 1.17 bits per heavy atom. The van der Waals surface area contributed by atoms with Gasteiger partial charge in [-0.3, -0.25) is 9.59 Å². The van der Waals surface area contributed by atoms with E-state index in [1.807, 2.05) is 38.1 Å². The Morgan fingerprint density at radius 2 is 1.72 bits per heavy atom. The average Bonchev–Trinajstić information content (AvgIpc) is 2.38. The molecule has 2 N–H and O–H groups in total. The van der Waals surface area contributed by atoms with Crippen molar-refractivity contribution in [1.82, 2.24) is 0 Å². The molecule has 1 aromatic carbocycles. The minimum atomic E-state index is -0.336. The first-order chi connectivity index (χ1) is 8.58. The van der Waals surface area contributed by atoms with Crippen molar-refractivity contribution < 1.29 is 9.59 Å². The van der Waals surface area contributed by atoms with E-state index in [1.165, 1.54) is 11.8 Å². The normalized spacial score (nSPS) is 10.6. The number of amides is 1. The first-order valence-corrected chi connectivity index (χ1v) is 7.12. The smallest absolute Gasteiger partial charge is 0.227 e. The van der Waals surface area contributed by atoms with Crippen molar-refractivity contribution in [3.63, 3.8) is 0 Å². The molecule has 0 aliphatic heterocycles. The summed E-state index contributed by atoms with van der Waals surface area (Å²) in [5.74, 6) is 0.234. The third-order valence-corrected chi connectivity index (χ3v) is 3.91. The maximum absolute atomic E-state index is 12.1. The molecule has 0 aromatic heterocycles. The highest BCUT2D eigenvalue weighted by Gasteiger charge is 2.15. The van der Waals surface area contributed by atoms with Crippen molar-refractivity contribution in [3.05, 3.63) is 29.8 Å². The summed E-state index contributed by atoms with van der Waals surface area (Å²) in [5, 5.41) is 0. The van der Waals surface area contributed by atoms with E-state index in [-0.39, 0.29) is 23.4 Å². The predicted octanol–water partition coefficient (Wildman–Crippen LogP) is 2.88. The van der Waals surface area contributed by atoms with E-state index in [0.717, 1.165) is 23.3 Å². The van der Waals surface area contributed by atoms with Gasteiger partial charge in [0.25, 0.3) is 0 Å². The number of primary amides is 1. The number of Topliss-reactive ketones (excluding diaryl/α,β-unsaturated/α-hetero) is 1. The topological polar surface area (TPSA) is 60.2 Å². The van der Waals surface area contributed by atoms with Crippen molar-refractivity contribution in [3.8, 4) is 0 Å². The highest BCUT2D eigenvalue weighted by Crippen LogP contribution is 2.21. The average molecular weight is 265 g/mol. The second-order valence-electron chi connectivity index (χ2n) is 4.16. The van der Waals surface area contributed by atoms with E-state index in [9.17, 15) is 9.59 Å². The van der Waals surface area contributed by atoms with Crippen LogP contribution in [0.4, 0.5) is 0 Å². The lowest BCUT2D eigenvalue weighted by Gasteiger charge is -2.11. The van der Waals surface area contributed by atoms with Gasteiger partial charge in [0.05, 0.1) is 5.75 Å². The number of benzene rings is 1. The fourth-order valence-electron chi connectivity index (χ4n) is 1.77. The van der Waals surface area contributed by atoms with Crippen LogP contribution in [-0.4, -0.2) is 17.4 Å². The summed E-state index contributed by atoms with van der Waals surface area (Å²) < 4.78 is 0. The zero-order chi connectivity index (χ0) is 13.5. The SMILES string of the molecule is CCC(CC)C(=O)c1ccc(SCC(N)=O)cc1. The summed E-state index contributed by atoms with van der Waals surface area (Å²) in [7, 11) is 0. The van der Waals surface area contributed by atoms with Crippen molar-refractivity contribution in [2.45, 2.75) is 31.6 Å². The fraction of sp³-hybridized carbons (Fsp3) is 0.429. The molecule has 1 amide bonds. The van der Waals surface area contributed by atoms with Crippen LogP contribution < -0.4 is 5.73 Å². The number of hydrogen-bond donors (Lipinski definition) is 1. The van der Waals surface area contributed by atoms with Gasteiger partial charge in [0, 0.05) is 16.4 Å². The van der Waals surface area contributed by atoms with Crippen LogP contribution in [0.1, 0.15) is 37.0 Å². The van der Waals surface area contributed by atoms with Crippen LogP contribution in [-0.2, 0) is 4.79 Å². The number of rotatable bonds is 7. The van der Waals surface area contributed by atoms with Gasteiger partial charge in [0.15, 0.2) is 5.78 Å². The molecule has 18 heavy (non-hydrogen) atoms. The molecule has 0 saturated heterocycles. The Hall–Kier alpha value is -1.29. The van der Waals surface area contributed by atoms with E-state index in [1.54, 1.807) is 0 Å². The molecular formula is C14H19NO2S. The first-order valence-electron chi connectivity index (χ1n) is 6.13. The van der Waals surface area contributed by atoms with Crippen LogP contribution in [0.25, 0.3) is 0 Å². The van der Waals surface area contributed by atoms with Crippen LogP contribution in [0.5, 0.6) is 0 Å². The number of carbonyl (C=O) groups is 2. The Kier molecular flexibility index (Phi) is 5.92. The molecule has 3 nitrogen and oxygen atoms in total. The van der Waals surface area contributed by atoms with Crippen LogP contribution in [0.15, 0.2) is 29.2 Å². The molecule has 1 aromatic rings. The van der Waals surface area contributed by atoms with Crippen molar-refractivity contribution in [2.24, 2.45) is 11.7 Å². The molecule has 0 spiro atoms. The minimum absolute atomic E-state index is 0.106. The Labute approximate surface area is 112 Å². The summed E-state index contributed by atoms with van der Waals surface area (Å²) in [5.41, 5.74) is 5.82. The number of carbonyl (C=O) groups excluding carboxylic acids is 2. The van der Waals surface area contributed by atoms with Crippen molar-refractivity contribution in [1.29, 1.82) is 0 Å². The molecule has 98 valence electrons. The van der Waals surface area contributed by atoms with Crippen LogP contribution in [0, 0.1) is 5.92 Å². The van der Waals surface area contributed by atoms with E-state index in [2.05, 4.69) is 0 Å². The standard InChI is InChI=1S/C14H19NO2S/c1-3-10(4-2)14(17)11-5-7-12(8-6-11)18-9-13(15)16/h5-8,10H,3-4,9H2,1-2H3,(H2,15,16). The summed E-state index contributed by atoms with van der Waals surface area (Å²) >= 11 is 1.38. The van der Waals surface area contributed by atoms with Gasteiger partial charge in [0.1, 0.15) is 0 Å². The van der Waals surface area contributed by atoms with Gasteiger partial charge in [0.2, 0.25) is 5.91 Å². The van der Waals surface area contributed by atoms with E-state index in [0.29, 0.717) is 0 Å². The summed E-state index contributed by atoms with van der Waals surface area (Å²) in [6.07, 6.45) is 1.74. The van der Waals surface area contributed by atoms with Gasteiger partial charge in [-0.05, 0) is 25.0 Å². The lowest BCUT2D eigenvalue weighted by Crippen LogP contribution is -2.13. The van der Waals surface area contributed by atoms with Gasteiger partial charge in [-0.2, -0.15) is 0 Å². The van der Waals surface area contributed by atoms with Gasteiger partial charge in [-0.1, -0.05) is 26.0 Å². The monoisotopic (exact) mass is 265 g/mol. The Balaban J connectivity index is 2.70. The maximum Gasteiger partial charge on any atom is 0.227 e. The first kappa shape index (κ1) is 14.8. The third-order valence-electron chi connectivity index (χ3n) is 2.88. The number of nitrogens with two attached hydrogens (primary N) is 1. The lowest BCUT2D eigenvalue weighted by atomic mass is 9.93. The van der Waals surface area contributed by atoms with Crippen molar-refractivity contribution >= 4 is 23.5 Å². The molecule has 0 atom stereocenters. The van der Waals surface area contributed by atoms with Gasteiger partial charge in [-0.15, -0.1) is 11.8 Å². The third kappa shape index (κ3) is 4.18. The molecule has 0 aliphatic rings. The summed E-state index contributed by atoms with van der Waals surface area (Å²) in [4.78, 5) is 23.7. The summed E-state index contributed by atoms with van der Waals surface area (Å²) in [6.45, 7) is 4.06. The van der Waals surface area contributed by atoms with E-state index in [4.69, 9.17) is 5.73 Å². The molecule has 1 rings (SSSR count). The highest BCUT2D eigenvalue weighted by atomic mass is 32.2. The molecule has 0 saturated carbocycles. The van der Waals surface area contributed by atoms with Gasteiger partial charge < -0.3 is 5.73 Å².